The summed E-state index contributed by atoms with van der Waals surface area (Å²) < 4.78 is 1.85. The molecule has 0 bridgehead atoms. The number of anilines is 2. The van der Waals surface area contributed by atoms with Gasteiger partial charge in [-0.2, -0.15) is 0 Å². The lowest BCUT2D eigenvalue weighted by molar-refractivity contribution is 0.533. The highest BCUT2D eigenvalue weighted by Crippen LogP contribution is 2.35. The minimum atomic E-state index is 0.0721. The highest BCUT2D eigenvalue weighted by molar-refractivity contribution is 5.47. The van der Waals surface area contributed by atoms with Crippen molar-refractivity contribution in [1.29, 1.82) is 0 Å². The van der Waals surface area contributed by atoms with Crippen LogP contribution in [0.3, 0.4) is 0 Å². The molecule has 1 saturated carbocycles. The van der Waals surface area contributed by atoms with E-state index in [9.17, 15) is 4.79 Å². The predicted octanol–water partition coefficient (Wildman–Crippen LogP) is 1.32. The van der Waals surface area contributed by atoms with Crippen molar-refractivity contribution in [2.45, 2.75) is 26.3 Å². The summed E-state index contributed by atoms with van der Waals surface area (Å²) in [5.74, 6) is 3.48. The van der Waals surface area contributed by atoms with Crippen LogP contribution in [0, 0.1) is 24.7 Å². The lowest BCUT2D eigenvalue weighted by Gasteiger charge is -2.23. The zero-order valence-electron chi connectivity index (χ0n) is 15.1. The Kier molecular flexibility index (Phi) is 3.69. The van der Waals surface area contributed by atoms with Crippen LogP contribution in [0.4, 0.5) is 11.6 Å². The van der Waals surface area contributed by atoms with Crippen molar-refractivity contribution in [2.24, 2.45) is 17.8 Å². The molecular formula is C19H24N6O. The molecule has 5 rings (SSSR count). The smallest absolute Gasteiger partial charge is 0.293 e. The molecule has 2 unspecified atom stereocenters. The zero-order valence-corrected chi connectivity index (χ0v) is 15.1. The van der Waals surface area contributed by atoms with Crippen molar-refractivity contribution in [2.75, 3.05) is 36.0 Å². The summed E-state index contributed by atoms with van der Waals surface area (Å²) in [4.78, 5) is 30.3. The topological polar surface area (TPSA) is 67.2 Å². The molecule has 1 aliphatic carbocycles. The lowest BCUT2D eigenvalue weighted by Crippen LogP contribution is -2.35. The monoisotopic (exact) mass is 352 g/mol. The molecule has 2 aromatic heterocycles. The molecule has 7 heteroatoms. The van der Waals surface area contributed by atoms with E-state index in [1.165, 1.54) is 12.8 Å². The Bertz CT molecular complexity index is 862. The van der Waals surface area contributed by atoms with Crippen LogP contribution >= 0.6 is 0 Å². The SMILES string of the molecule is Cc1cncnc1N1CC2CN(c3nccn(CC4CC4)c3=O)CC2C1. The Morgan fingerprint density at radius 2 is 1.73 bits per heavy atom. The van der Waals surface area contributed by atoms with Crippen molar-refractivity contribution in [3.05, 3.63) is 40.8 Å². The van der Waals surface area contributed by atoms with Crippen molar-refractivity contribution in [3.63, 3.8) is 0 Å². The third kappa shape index (κ3) is 2.75. The van der Waals surface area contributed by atoms with Crippen LogP contribution in [0.15, 0.2) is 29.7 Å². The van der Waals surface area contributed by atoms with Crippen molar-refractivity contribution >= 4 is 11.6 Å². The highest BCUT2D eigenvalue weighted by Gasteiger charge is 2.41. The molecular weight excluding hydrogens is 328 g/mol. The molecule has 2 saturated heterocycles. The van der Waals surface area contributed by atoms with E-state index in [0.717, 1.165) is 44.1 Å². The number of hydrogen-bond donors (Lipinski definition) is 0. The fourth-order valence-corrected chi connectivity index (χ4v) is 4.44. The lowest BCUT2D eigenvalue weighted by atomic mass is 10.0. The van der Waals surface area contributed by atoms with Gasteiger partial charge in [-0.25, -0.2) is 15.0 Å². The van der Waals surface area contributed by atoms with Gasteiger partial charge in [0, 0.05) is 68.7 Å². The first-order chi connectivity index (χ1) is 12.7. The Hall–Kier alpha value is -2.44. The van der Waals surface area contributed by atoms with Gasteiger partial charge in [0.15, 0.2) is 5.82 Å². The number of aryl methyl sites for hydroxylation is 1. The predicted molar refractivity (Wildman–Crippen MR) is 99.4 cm³/mol. The number of hydrogen-bond acceptors (Lipinski definition) is 6. The van der Waals surface area contributed by atoms with Gasteiger partial charge in [0.05, 0.1) is 0 Å². The van der Waals surface area contributed by atoms with Crippen LogP contribution in [-0.4, -0.2) is 45.7 Å². The average molecular weight is 352 g/mol. The van der Waals surface area contributed by atoms with E-state index in [2.05, 4.69) is 31.7 Å². The summed E-state index contributed by atoms with van der Waals surface area (Å²) in [6, 6.07) is 0. The van der Waals surface area contributed by atoms with Gasteiger partial charge in [-0.1, -0.05) is 0 Å². The summed E-state index contributed by atoms with van der Waals surface area (Å²) in [7, 11) is 0. The van der Waals surface area contributed by atoms with Crippen molar-refractivity contribution < 1.29 is 0 Å². The second-order valence-electron chi connectivity index (χ2n) is 8.01. The molecule has 4 heterocycles. The Balaban J connectivity index is 1.31. The van der Waals surface area contributed by atoms with Crippen LogP contribution in [-0.2, 0) is 6.54 Å². The maximum Gasteiger partial charge on any atom is 0.293 e. The normalized spacial score (nSPS) is 25.0. The molecule has 7 nitrogen and oxygen atoms in total. The fourth-order valence-electron chi connectivity index (χ4n) is 4.44. The minimum absolute atomic E-state index is 0.0721. The summed E-state index contributed by atoms with van der Waals surface area (Å²) >= 11 is 0. The van der Waals surface area contributed by atoms with Crippen LogP contribution in [0.5, 0.6) is 0 Å². The molecule has 0 radical (unpaired) electrons. The Labute approximate surface area is 152 Å². The van der Waals surface area contributed by atoms with Gasteiger partial charge < -0.3 is 14.4 Å². The molecule has 0 spiro atoms. The van der Waals surface area contributed by atoms with E-state index in [1.807, 2.05) is 17.0 Å². The largest absolute Gasteiger partial charge is 0.356 e. The Morgan fingerprint density at radius 1 is 1.04 bits per heavy atom. The van der Waals surface area contributed by atoms with Crippen LogP contribution < -0.4 is 15.4 Å². The summed E-state index contributed by atoms with van der Waals surface area (Å²) in [5, 5.41) is 0. The molecule has 3 aliphatic rings. The molecule has 0 N–H and O–H groups in total. The van der Waals surface area contributed by atoms with E-state index in [0.29, 0.717) is 23.6 Å². The van der Waals surface area contributed by atoms with Gasteiger partial charge in [-0.3, -0.25) is 4.79 Å². The van der Waals surface area contributed by atoms with Crippen LogP contribution in [0.2, 0.25) is 0 Å². The average Bonchev–Trinajstić information content (AvgIpc) is 3.23. The summed E-state index contributed by atoms with van der Waals surface area (Å²) in [6.07, 6.45) is 9.61. The van der Waals surface area contributed by atoms with Gasteiger partial charge in [0.2, 0.25) is 0 Å². The maximum atomic E-state index is 12.8. The van der Waals surface area contributed by atoms with Crippen LogP contribution in [0.1, 0.15) is 18.4 Å². The van der Waals surface area contributed by atoms with Gasteiger partial charge >= 0.3 is 0 Å². The Morgan fingerprint density at radius 3 is 2.38 bits per heavy atom. The molecule has 136 valence electrons. The molecule has 3 fully saturated rings. The molecule has 2 aliphatic heterocycles. The second kappa shape index (κ2) is 6.07. The van der Waals surface area contributed by atoms with E-state index >= 15 is 0 Å². The standard InChI is InChI=1S/C19H24N6O/c1-13-6-20-12-22-17(13)24-8-15-10-25(11-16(15)9-24)18-19(26)23(5-4-21-18)7-14-2-3-14/h4-6,12,14-16H,2-3,7-11H2,1H3. The van der Waals surface area contributed by atoms with Gasteiger partial charge in [0.25, 0.3) is 5.56 Å². The first kappa shape index (κ1) is 15.8. The number of nitrogens with zero attached hydrogens (tertiary/aromatic N) is 6. The molecule has 2 atom stereocenters. The van der Waals surface area contributed by atoms with Crippen molar-refractivity contribution in [1.82, 2.24) is 19.5 Å². The van der Waals surface area contributed by atoms with E-state index < -0.39 is 0 Å². The molecule has 0 aromatic carbocycles. The summed E-state index contributed by atoms with van der Waals surface area (Å²) in [5.41, 5.74) is 1.19. The third-order valence-electron chi connectivity index (χ3n) is 6.00. The molecule has 2 aromatic rings. The number of fused-ring (bicyclic) bond motifs is 1. The van der Waals surface area contributed by atoms with Gasteiger partial charge in [-0.15, -0.1) is 0 Å². The van der Waals surface area contributed by atoms with Gasteiger partial charge in [-0.05, 0) is 25.7 Å². The molecule has 26 heavy (non-hydrogen) atoms. The number of rotatable bonds is 4. The first-order valence-electron chi connectivity index (χ1n) is 9.51. The highest BCUT2D eigenvalue weighted by atomic mass is 16.1. The van der Waals surface area contributed by atoms with Crippen LogP contribution in [0.25, 0.3) is 0 Å². The summed E-state index contributed by atoms with van der Waals surface area (Å²) in [6.45, 7) is 6.69. The molecule has 0 amide bonds. The second-order valence-corrected chi connectivity index (χ2v) is 8.01. The van der Waals surface area contributed by atoms with Crippen molar-refractivity contribution in [3.8, 4) is 0 Å². The van der Waals surface area contributed by atoms with Gasteiger partial charge in [0.1, 0.15) is 12.1 Å². The zero-order chi connectivity index (χ0) is 17.7. The van der Waals surface area contributed by atoms with E-state index in [-0.39, 0.29) is 5.56 Å². The van der Waals surface area contributed by atoms with E-state index in [4.69, 9.17) is 0 Å². The van der Waals surface area contributed by atoms with E-state index in [1.54, 1.807) is 12.5 Å². The number of aromatic nitrogens is 4. The first-order valence-corrected chi connectivity index (χ1v) is 9.51. The fraction of sp³-hybridized carbons (Fsp3) is 0.579. The third-order valence-corrected chi connectivity index (χ3v) is 6.00. The minimum Gasteiger partial charge on any atom is -0.356 e. The quantitative estimate of drug-likeness (QED) is 0.827. The maximum absolute atomic E-state index is 12.8.